The molecule has 6 nitrogen and oxygen atoms in total. The van der Waals surface area contributed by atoms with Crippen LogP contribution in [0.15, 0.2) is 30.5 Å². The number of benzene rings is 1. The third kappa shape index (κ3) is 2.77. The Morgan fingerprint density at radius 2 is 1.86 bits per heavy atom. The first-order chi connectivity index (χ1) is 10.7. The number of carbonyl (C=O) groups excluding carboxylic acids is 1. The van der Waals surface area contributed by atoms with Crippen molar-refractivity contribution in [2.75, 3.05) is 38.2 Å². The number of amides is 1. The average Bonchev–Trinajstić information content (AvgIpc) is 3.00. The summed E-state index contributed by atoms with van der Waals surface area (Å²) < 4.78 is 5.18. The molecule has 22 heavy (non-hydrogen) atoms. The van der Waals surface area contributed by atoms with Crippen LogP contribution in [0.2, 0.25) is 0 Å². The summed E-state index contributed by atoms with van der Waals surface area (Å²) in [6.07, 6.45) is 1.68. The summed E-state index contributed by atoms with van der Waals surface area (Å²) in [5, 5.41) is 6.71. The van der Waals surface area contributed by atoms with Crippen LogP contribution >= 0.6 is 0 Å². The van der Waals surface area contributed by atoms with Crippen molar-refractivity contribution in [3.63, 3.8) is 0 Å². The fraction of sp³-hybridized carbons (Fsp3) is 0.375. The van der Waals surface area contributed by atoms with Crippen molar-refractivity contribution >= 4 is 11.6 Å². The second-order valence-electron chi connectivity index (χ2n) is 5.41. The van der Waals surface area contributed by atoms with Gasteiger partial charge in [-0.2, -0.15) is 5.10 Å². The molecule has 1 aliphatic rings. The minimum Gasteiger partial charge on any atom is -0.497 e. The largest absolute Gasteiger partial charge is 0.497 e. The SMILES string of the molecule is COc1ccc(N2CCN(C(=O)c3[nH]ncc3C)CC2)cc1. The first kappa shape index (κ1) is 14.4. The molecule has 0 saturated carbocycles. The highest BCUT2D eigenvalue weighted by molar-refractivity contribution is 5.93. The maximum Gasteiger partial charge on any atom is 0.272 e. The monoisotopic (exact) mass is 300 g/mol. The third-order valence-corrected chi connectivity index (χ3v) is 4.05. The second-order valence-corrected chi connectivity index (χ2v) is 5.41. The highest BCUT2D eigenvalue weighted by Crippen LogP contribution is 2.21. The summed E-state index contributed by atoms with van der Waals surface area (Å²) in [4.78, 5) is 16.6. The molecule has 2 heterocycles. The quantitative estimate of drug-likeness (QED) is 0.937. The number of rotatable bonds is 3. The molecule has 1 aliphatic heterocycles. The summed E-state index contributed by atoms with van der Waals surface area (Å²) >= 11 is 0. The minimum absolute atomic E-state index is 0.0318. The molecule has 0 bridgehead atoms. The predicted molar refractivity (Wildman–Crippen MR) is 84.4 cm³/mol. The molecule has 1 N–H and O–H groups in total. The third-order valence-electron chi connectivity index (χ3n) is 4.05. The number of ether oxygens (including phenoxy) is 1. The van der Waals surface area contributed by atoms with Crippen LogP contribution in [0, 0.1) is 6.92 Å². The molecule has 1 fully saturated rings. The molecule has 0 aliphatic carbocycles. The van der Waals surface area contributed by atoms with Gasteiger partial charge in [0, 0.05) is 31.9 Å². The van der Waals surface area contributed by atoms with E-state index in [1.807, 2.05) is 24.0 Å². The number of anilines is 1. The van der Waals surface area contributed by atoms with Gasteiger partial charge in [0.25, 0.3) is 5.91 Å². The Bertz CT molecular complexity index is 642. The Hall–Kier alpha value is -2.50. The van der Waals surface area contributed by atoms with Crippen molar-refractivity contribution in [3.05, 3.63) is 41.7 Å². The van der Waals surface area contributed by atoms with E-state index in [2.05, 4.69) is 27.2 Å². The van der Waals surface area contributed by atoms with E-state index in [1.54, 1.807) is 13.3 Å². The minimum atomic E-state index is 0.0318. The Kier molecular flexibility index (Phi) is 4.00. The molecule has 3 rings (SSSR count). The summed E-state index contributed by atoms with van der Waals surface area (Å²) in [5.41, 5.74) is 2.64. The van der Waals surface area contributed by atoms with Gasteiger partial charge in [0.1, 0.15) is 11.4 Å². The average molecular weight is 300 g/mol. The molecule has 0 spiro atoms. The van der Waals surface area contributed by atoms with E-state index in [-0.39, 0.29) is 5.91 Å². The van der Waals surface area contributed by atoms with E-state index in [0.717, 1.165) is 30.1 Å². The topological polar surface area (TPSA) is 61.5 Å². The summed E-state index contributed by atoms with van der Waals surface area (Å²) in [7, 11) is 1.66. The Morgan fingerprint density at radius 1 is 1.18 bits per heavy atom. The van der Waals surface area contributed by atoms with Crippen LogP contribution in [-0.2, 0) is 0 Å². The molecule has 1 saturated heterocycles. The van der Waals surface area contributed by atoms with E-state index < -0.39 is 0 Å². The van der Waals surface area contributed by atoms with Crippen LogP contribution in [0.3, 0.4) is 0 Å². The molecular formula is C16H20N4O2. The predicted octanol–water partition coefficient (Wildman–Crippen LogP) is 1.69. The number of aromatic nitrogens is 2. The van der Waals surface area contributed by atoms with Gasteiger partial charge in [-0.1, -0.05) is 0 Å². The van der Waals surface area contributed by atoms with Crippen LogP contribution in [-0.4, -0.2) is 54.3 Å². The number of aromatic amines is 1. The zero-order chi connectivity index (χ0) is 15.5. The highest BCUT2D eigenvalue weighted by atomic mass is 16.5. The van der Waals surface area contributed by atoms with E-state index in [4.69, 9.17) is 4.74 Å². The molecule has 1 aromatic heterocycles. The lowest BCUT2D eigenvalue weighted by molar-refractivity contribution is 0.0740. The molecule has 0 unspecified atom stereocenters. The first-order valence-electron chi connectivity index (χ1n) is 7.37. The Labute approximate surface area is 129 Å². The van der Waals surface area contributed by atoms with E-state index in [9.17, 15) is 4.79 Å². The van der Waals surface area contributed by atoms with Crippen LogP contribution in [0.5, 0.6) is 5.75 Å². The van der Waals surface area contributed by atoms with Crippen LogP contribution in [0.25, 0.3) is 0 Å². The van der Waals surface area contributed by atoms with Crippen molar-refractivity contribution in [1.82, 2.24) is 15.1 Å². The van der Waals surface area contributed by atoms with Gasteiger partial charge in [0.15, 0.2) is 0 Å². The molecule has 0 radical (unpaired) electrons. The first-order valence-corrected chi connectivity index (χ1v) is 7.37. The van der Waals surface area contributed by atoms with Gasteiger partial charge in [0.05, 0.1) is 13.3 Å². The summed E-state index contributed by atoms with van der Waals surface area (Å²) in [6, 6.07) is 8.02. The number of nitrogens with one attached hydrogen (secondary N) is 1. The molecular weight excluding hydrogens is 280 g/mol. The van der Waals surface area contributed by atoms with Gasteiger partial charge >= 0.3 is 0 Å². The normalized spacial score (nSPS) is 15.0. The molecule has 0 atom stereocenters. The second kappa shape index (κ2) is 6.09. The zero-order valence-electron chi connectivity index (χ0n) is 12.9. The smallest absolute Gasteiger partial charge is 0.272 e. The maximum atomic E-state index is 12.4. The number of aryl methyl sites for hydroxylation is 1. The van der Waals surface area contributed by atoms with Crippen molar-refractivity contribution < 1.29 is 9.53 Å². The standard InChI is InChI=1S/C16H20N4O2/c1-12-11-17-18-15(12)16(21)20-9-7-19(8-10-20)13-3-5-14(22-2)6-4-13/h3-6,11H,7-10H2,1-2H3,(H,17,18). The fourth-order valence-electron chi connectivity index (χ4n) is 2.68. The van der Waals surface area contributed by atoms with Crippen molar-refractivity contribution in [1.29, 1.82) is 0 Å². The number of hydrogen-bond acceptors (Lipinski definition) is 4. The molecule has 6 heteroatoms. The van der Waals surface area contributed by atoms with Crippen molar-refractivity contribution in [3.8, 4) is 5.75 Å². The molecule has 2 aromatic rings. The molecule has 1 amide bonds. The van der Waals surface area contributed by atoms with E-state index in [0.29, 0.717) is 18.8 Å². The van der Waals surface area contributed by atoms with Gasteiger partial charge < -0.3 is 14.5 Å². The number of H-pyrrole nitrogens is 1. The van der Waals surface area contributed by atoms with Crippen LogP contribution in [0.4, 0.5) is 5.69 Å². The van der Waals surface area contributed by atoms with Gasteiger partial charge in [-0.3, -0.25) is 9.89 Å². The molecule has 116 valence electrons. The van der Waals surface area contributed by atoms with Crippen molar-refractivity contribution in [2.24, 2.45) is 0 Å². The number of hydrogen-bond donors (Lipinski definition) is 1. The zero-order valence-corrected chi connectivity index (χ0v) is 12.9. The lowest BCUT2D eigenvalue weighted by Gasteiger charge is -2.36. The number of piperazine rings is 1. The number of methoxy groups -OCH3 is 1. The van der Waals surface area contributed by atoms with Gasteiger partial charge in [0.2, 0.25) is 0 Å². The Balaban J connectivity index is 1.62. The van der Waals surface area contributed by atoms with Gasteiger partial charge in [-0.15, -0.1) is 0 Å². The van der Waals surface area contributed by atoms with Crippen LogP contribution < -0.4 is 9.64 Å². The van der Waals surface area contributed by atoms with Crippen molar-refractivity contribution in [2.45, 2.75) is 6.92 Å². The molecule has 1 aromatic carbocycles. The van der Waals surface area contributed by atoms with Gasteiger partial charge in [-0.25, -0.2) is 0 Å². The maximum absolute atomic E-state index is 12.4. The lowest BCUT2D eigenvalue weighted by Crippen LogP contribution is -2.49. The number of nitrogens with zero attached hydrogens (tertiary/aromatic N) is 3. The Morgan fingerprint density at radius 3 is 2.41 bits per heavy atom. The number of carbonyl (C=O) groups is 1. The van der Waals surface area contributed by atoms with Gasteiger partial charge in [-0.05, 0) is 36.8 Å². The van der Waals surface area contributed by atoms with Crippen LogP contribution in [0.1, 0.15) is 16.1 Å². The summed E-state index contributed by atoms with van der Waals surface area (Å²) in [5.74, 6) is 0.886. The summed E-state index contributed by atoms with van der Waals surface area (Å²) in [6.45, 7) is 4.97. The lowest BCUT2D eigenvalue weighted by atomic mass is 10.2. The fourth-order valence-corrected chi connectivity index (χ4v) is 2.68. The van der Waals surface area contributed by atoms with E-state index >= 15 is 0 Å². The highest BCUT2D eigenvalue weighted by Gasteiger charge is 2.24. The van der Waals surface area contributed by atoms with E-state index in [1.165, 1.54) is 0 Å².